The van der Waals surface area contributed by atoms with E-state index in [2.05, 4.69) is 5.32 Å². The first kappa shape index (κ1) is 16.5. The number of rotatable bonds is 2. The number of carbonyl (C=O) groups is 3. The van der Waals surface area contributed by atoms with Gasteiger partial charge in [-0.2, -0.15) is 0 Å². The van der Waals surface area contributed by atoms with Gasteiger partial charge in [0.15, 0.2) is 0 Å². The number of imide groups is 1. The lowest BCUT2D eigenvalue weighted by atomic mass is 9.89. The van der Waals surface area contributed by atoms with Gasteiger partial charge in [-0.25, -0.2) is 0 Å². The van der Waals surface area contributed by atoms with Gasteiger partial charge in [-0.05, 0) is 30.5 Å². The number of amides is 3. The fraction of sp³-hybridized carbons (Fsp3) is 0.400. The molecule has 1 saturated heterocycles. The monoisotopic (exact) mass is 323 g/mol. The van der Waals surface area contributed by atoms with Gasteiger partial charge in [0.05, 0.1) is 0 Å². The van der Waals surface area contributed by atoms with Gasteiger partial charge >= 0.3 is 0 Å². The van der Waals surface area contributed by atoms with Crippen molar-refractivity contribution in [2.75, 3.05) is 0 Å². The Bertz CT molecular complexity index is 661. The van der Waals surface area contributed by atoms with E-state index in [9.17, 15) is 14.4 Å². The highest BCUT2D eigenvalue weighted by Crippen LogP contribution is 2.34. The first-order chi connectivity index (χ1) is 9.95. The zero-order valence-electron chi connectivity index (χ0n) is 12.2. The summed E-state index contributed by atoms with van der Waals surface area (Å²) in [5.74, 6) is -0.855. The summed E-state index contributed by atoms with van der Waals surface area (Å²) in [7, 11) is 0. The summed E-state index contributed by atoms with van der Waals surface area (Å²) in [6, 6.07) is 5.49. The lowest BCUT2D eigenvalue weighted by Gasteiger charge is -2.39. The summed E-state index contributed by atoms with van der Waals surface area (Å²) in [5, 5.41) is 2.32. The molecule has 2 heterocycles. The van der Waals surface area contributed by atoms with Crippen molar-refractivity contribution in [2.24, 2.45) is 5.73 Å². The fourth-order valence-electron chi connectivity index (χ4n) is 2.95. The largest absolute Gasteiger partial charge is 0.326 e. The van der Waals surface area contributed by atoms with Crippen molar-refractivity contribution >= 4 is 30.1 Å². The third-order valence-electron chi connectivity index (χ3n) is 4.39. The molecule has 2 aliphatic rings. The van der Waals surface area contributed by atoms with E-state index in [1.54, 1.807) is 17.9 Å². The molecule has 1 aromatic carbocycles. The summed E-state index contributed by atoms with van der Waals surface area (Å²) in [6.45, 7) is 2.50. The van der Waals surface area contributed by atoms with Crippen LogP contribution >= 0.6 is 12.4 Å². The Morgan fingerprint density at radius 1 is 1.32 bits per heavy atom. The molecule has 0 aliphatic carbocycles. The minimum Gasteiger partial charge on any atom is -0.326 e. The van der Waals surface area contributed by atoms with Crippen LogP contribution in [0.2, 0.25) is 0 Å². The maximum absolute atomic E-state index is 12.6. The number of benzene rings is 1. The normalized spacial score (nSPS) is 23.9. The number of nitrogens with one attached hydrogen (secondary N) is 1. The molecular formula is C15H18ClN3O3. The van der Waals surface area contributed by atoms with Crippen molar-refractivity contribution in [1.29, 1.82) is 0 Å². The summed E-state index contributed by atoms with van der Waals surface area (Å²) in [4.78, 5) is 37.6. The summed E-state index contributed by atoms with van der Waals surface area (Å²) in [5.41, 5.74) is 7.09. The van der Waals surface area contributed by atoms with Gasteiger partial charge in [-0.3, -0.25) is 19.7 Å². The maximum atomic E-state index is 12.6. The molecule has 0 radical (unpaired) electrons. The molecule has 118 valence electrons. The van der Waals surface area contributed by atoms with Gasteiger partial charge in [0, 0.05) is 25.1 Å². The van der Waals surface area contributed by atoms with Crippen LogP contribution in [0.5, 0.6) is 0 Å². The number of nitrogens with two attached hydrogens (primary N) is 1. The maximum Gasteiger partial charge on any atom is 0.255 e. The predicted octanol–water partition coefficient (Wildman–Crippen LogP) is 0.718. The van der Waals surface area contributed by atoms with Crippen LogP contribution in [0.15, 0.2) is 18.2 Å². The van der Waals surface area contributed by atoms with E-state index in [1.807, 2.05) is 12.1 Å². The lowest BCUT2D eigenvalue weighted by Crippen LogP contribution is -2.61. The van der Waals surface area contributed by atoms with Crippen LogP contribution in [0.4, 0.5) is 0 Å². The van der Waals surface area contributed by atoms with Gasteiger partial charge in [-0.1, -0.05) is 12.1 Å². The molecule has 0 aromatic heterocycles. The highest BCUT2D eigenvalue weighted by Gasteiger charge is 2.48. The Kier molecular flexibility index (Phi) is 4.26. The molecule has 1 unspecified atom stereocenters. The van der Waals surface area contributed by atoms with E-state index in [1.165, 1.54) is 0 Å². The zero-order valence-corrected chi connectivity index (χ0v) is 13.0. The van der Waals surface area contributed by atoms with Crippen LogP contribution in [0.3, 0.4) is 0 Å². The number of hydrogen-bond acceptors (Lipinski definition) is 4. The molecule has 3 rings (SSSR count). The average molecular weight is 324 g/mol. The van der Waals surface area contributed by atoms with Crippen molar-refractivity contribution in [3.63, 3.8) is 0 Å². The Morgan fingerprint density at radius 3 is 2.68 bits per heavy atom. The standard InChI is InChI=1S/C15H17N3O3.ClH/c1-15(5-4-12(19)17-14(15)21)18-8-10-6-9(7-16)2-3-11(10)13(18)20;/h2-3,6H,4-5,7-8,16H2,1H3,(H,17,19,21);1H. The second-order valence-electron chi connectivity index (χ2n) is 5.74. The van der Waals surface area contributed by atoms with E-state index in [0.29, 0.717) is 25.1 Å². The van der Waals surface area contributed by atoms with Gasteiger partial charge in [0.1, 0.15) is 5.54 Å². The Morgan fingerprint density at radius 2 is 2.05 bits per heavy atom. The number of nitrogens with zero attached hydrogens (tertiary/aromatic N) is 1. The molecule has 22 heavy (non-hydrogen) atoms. The van der Waals surface area contributed by atoms with Crippen LogP contribution < -0.4 is 11.1 Å². The van der Waals surface area contributed by atoms with Crippen molar-refractivity contribution in [1.82, 2.24) is 10.2 Å². The SMILES string of the molecule is CC1(N2Cc3cc(CN)ccc3C2=O)CCC(=O)NC1=O.Cl. The molecule has 0 spiro atoms. The van der Waals surface area contributed by atoms with Crippen molar-refractivity contribution in [3.05, 3.63) is 34.9 Å². The van der Waals surface area contributed by atoms with Gasteiger partial charge in [0.2, 0.25) is 5.91 Å². The van der Waals surface area contributed by atoms with Gasteiger partial charge in [-0.15, -0.1) is 12.4 Å². The molecule has 6 nitrogen and oxygen atoms in total. The third kappa shape index (κ3) is 2.38. The predicted molar refractivity (Wildman–Crippen MR) is 82.2 cm³/mol. The average Bonchev–Trinajstić information content (AvgIpc) is 2.80. The van der Waals surface area contributed by atoms with Crippen molar-refractivity contribution in [3.8, 4) is 0 Å². The molecule has 1 fully saturated rings. The minimum absolute atomic E-state index is 0. The van der Waals surface area contributed by atoms with E-state index in [0.717, 1.165) is 11.1 Å². The molecule has 1 atom stereocenters. The molecule has 1 aromatic rings. The second-order valence-corrected chi connectivity index (χ2v) is 5.74. The summed E-state index contributed by atoms with van der Waals surface area (Å²) < 4.78 is 0. The van der Waals surface area contributed by atoms with E-state index >= 15 is 0 Å². The van der Waals surface area contributed by atoms with Crippen LogP contribution in [-0.2, 0) is 22.7 Å². The fourth-order valence-corrected chi connectivity index (χ4v) is 2.95. The molecular weight excluding hydrogens is 306 g/mol. The van der Waals surface area contributed by atoms with Crippen LogP contribution in [0, 0.1) is 0 Å². The van der Waals surface area contributed by atoms with Gasteiger partial charge < -0.3 is 10.6 Å². The second kappa shape index (κ2) is 5.70. The molecule has 0 saturated carbocycles. The number of halogens is 1. The lowest BCUT2D eigenvalue weighted by molar-refractivity contribution is -0.142. The number of fused-ring (bicyclic) bond motifs is 1. The highest BCUT2D eigenvalue weighted by atomic mass is 35.5. The molecule has 2 aliphatic heterocycles. The van der Waals surface area contributed by atoms with Crippen LogP contribution in [-0.4, -0.2) is 28.2 Å². The quantitative estimate of drug-likeness (QED) is 0.784. The third-order valence-corrected chi connectivity index (χ3v) is 4.39. The first-order valence-corrected chi connectivity index (χ1v) is 6.94. The summed E-state index contributed by atoms with van der Waals surface area (Å²) in [6.07, 6.45) is 0.595. The van der Waals surface area contributed by atoms with E-state index < -0.39 is 11.4 Å². The molecule has 7 heteroatoms. The Hall–Kier alpha value is -1.92. The number of piperidine rings is 1. The number of carbonyl (C=O) groups excluding carboxylic acids is 3. The first-order valence-electron chi connectivity index (χ1n) is 6.94. The number of hydrogen-bond donors (Lipinski definition) is 2. The molecule has 3 N–H and O–H groups in total. The molecule has 0 bridgehead atoms. The van der Waals surface area contributed by atoms with Gasteiger partial charge in [0.25, 0.3) is 11.8 Å². The molecule has 3 amide bonds. The summed E-state index contributed by atoms with van der Waals surface area (Å²) >= 11 is 0. The van der Waals surface area contributed by atoms with Crippen LogP contribution in [0.25, 0.3) is 0 Å². The van der Waals surface area contributed by atoms with Crippen molar-refractivity contribution < 1.29 is 14.4 Å². The Balaban J connectivity index is 0.00000176. The van der Waals surface area contributed by atoms with Crippen LogP contribution in [0.1, 0.15) is 41.3 Å². The smallest absolute Gasteiger partial charge is 0.255 e. The zero-order chi connectivity index (χ0) is 15.2. The Labute approximate surface area is 134 Å². The minimum atomic E-state index is -0.979. The highest BCUT2D eigenvalue weighted by molar-refractivity contribution is 6.07. The van der Waals surface area contributed by atoms with Crippen molar-refractivity contribution in [2.45, 2.75) is 38.4 Å². The van der Waals surface area contributed by atoms with E-state index in [-0.39, 0.29) is 30.6 Å². The topological polar surface area (TPSA) is 92.5 Å². The van der Waals surface area contributed by atoms with E-state index in [4.69, 9.17) is 5.73 Å².